The molecule has 2 atom stereocenters. The quantitative estimate of drug-likeness (QED) is 0.648. The number of carbonyl (C=O) groups is 4. The van der Waals surface area contributed by atoms with Gasteiger partial charge in [0.25, 0.3) is 5.91 Å². The van der Waals surface area contributed by atoms with E-state index in [9.17, 15) is 19.2 Å². The van der Waals surface area contributed by atoms with Gasteiger partial charge in [-0.25, -0.2) is 9.59 Å². The van der Waals surface area contributed by atoms with Crippen LogP contribution in [0.5, 0.6) is 0 Å². The minimum atomic E-state index is -1.14. The Balaban J connectivity index is 1.35. The van der Waals surface area contributed by atoms with Gasteiger partial charge in [0.05, 0.1) is 16.9 Å². The number of nitrogens with zero attached hydrogens (tertiary/aromatic N) is 1. The van der Waals surface area contributed by atoms with Gasteiger partial charge in [-0.2, -0.15) is 0 Å². The zero-order chi connectivity index (χ0) is 21.3. The topological polar surface area (TPSA) is 117 Å². The van der Waals surface area contributed by atoms with Crippen LogP contribution >= 0.6 is 0 Å². The molecule has 30 heavy (non-hydrogen) atoms. The van der Waals surface area contributed by atoms with E-state index < -0.39 is 24.0 Å². The number of amides is 4. The predicted octanol–water partition coefficient (Wildman–Crippen LogP) is 1.92. The lowest BCUT2D eigenvalue weighted by molar-refractivity contribution is -0.128. The maximum absolute atomic E-state index is 12.5. The number of benzene rings is 1. The molecule has 4 amide bonds. The smallest absolute Gasteiger partial charge is 0.338 e. The lowest BCUT2D eigenvalue weighted by atomic mass is 10.1. The maximum Gasteiger partial charge on any atom is 0.338 e. The lowest BCUT2D eigenvalue weighted by Gasteiger charge is -2.33. The van der Waals surface area contributed by atoms with Crippen molar-refractivity contribution >= 4 is 35.2 Å². The van der Waals surface area contributed by atoms with Crippen molar-refractivity contribution in [3.05, 3.63) is 23.8 Å². The van der Waals surface area contributed by atoms with Gasteiger partial charge in [0.2, 0.25) is 5.91 Å². The number of urea groups is 1. The van der Waals surface area contributed by atoms with E-state index in [1.807, 2.05) is 4.90 Å². The average Bonchev–Trinajstić information content (AvgIpc) is 3.39. The van der Waals surface area contributed by atoms with Crippen LogP contribution in [-0.4, -0.2) is 48.5 Å². The van der Waals surface area contributed by atoms with Crippen LogP contribution in [0.4, 0.5) is 16.2 Å². The second-order valence-corrected chi connectivity index (χ2v) is 8.06. The molecule has 0 aromatic heterocycles. The van der Waals surface area contributed by atoms with Crippen LogP contribution in [0.2, 0.25) is 0 Å². The first kappa shape index (κ1) is 20.2. The summed E-state index contributed by atoms with van der Waals surface area (Å²) in [5, 5.41) is 7.81. The molecule has 0 radical (unpaired) electrons. The van der Waals surface area contributed by atoms with E-state index >= 15 is 0 Å². The number of hydrogen-bond donors (Lipinski definition) is 3. The van der Waals surface area contributed by atoms with Gasteiger partial charge in [-0.05, 0) is 50.8 Å². The molecule has 1 aromatic rings. The van der Waals surface area contributed by atoms with E-state index in [1.165, 1.54) is 6.92 Å². The molecule has 1 aromatic carbocycles. The third-order valence-electron chi connectivity index (χ3n) is 5.94. The summed E-state index contributed by atoms with van der Waals surface area (Å²) in [6, 6.07) is 4.30. The van der Waals surface area contributed by atoms with Crippen molar-refractivity contribution in [1.82, 2.24) is 10.6 Å². The summed E-state index contributed by atoms with van der Waals surface area (Å²) in [5.41, 5.74) is 1.66. The normalized spacial score (nSPS) is 21.3. The van der Waals surface area contributed by atoms with E-state index in [0.717, 1.165) is 50.8 Å². The molecule has 9 heteroatoms. The molecule has 160 valence electrons. The SMILES string of the molecule is C[C@@H](OC(=O)c1ccc2c(c1)NC(=O)[C@@H]1CCCN21)C(=O)NC(=O)NC1CCCC1. The summed E-state index contributed by atoms with van der Waals surface area (Å²) in [6.45, 7) is 2.21. The third-order valence-corrected chi connectivity index (χ3v) is 5.94. The fourth-order valence-electron chi connectivity index (χ4n) is 4.34. The van der Waals surface area contributed by atoms with Gasteiger partial charge in [0.15, 0.2) is 6.10 Å². The van der Waals surface area contributed by atoms with Crippen molar-refractivity contribution in [3.63, 3.8) is 0 Å². The highest BCUT2D eigenvalue weighted by Gasteiger charge is 2.36. The molecule has 0 spiro atoms. The number of anilines is 2. The molecule has 9 nitrogen and oxygen atoms in total. The molecule has 0 unspecified atom stereocenters. The van der Waals surface area contributed by atoms with Gasteiger partial charge < -0.3 is 20.3 Å². The van der Waals surface area contributed by atoms with Gasteiger partial charge in [-0.15, -0.1) is 0 Å². The lowest BCUT2D eigenvalue weighted by Crippen LogP contribution is -2.47. The van der Waals surface area contributed by atoms with Crippen molar-refractivity contribution in [3.8, 4) is 0 Å². The number of esters is 1. The number of rotatable bonds is 4. The van der Waals surface area contributed by atoms with Crippen LogP contribution in [0.3, 0.4) is 0 Å². The molecule has 1 aliphatic carbocycles. The monoisotopic (exact) mass is 414 g/mol. The first-order valence-corrected chi connectivity index (χ1v) is 10.5. The van der Waals surface area contributed by atoms with Crippen molar-refractivity contribution in [1.29, 1.82) is 0 Å². The van der Waals surface area contributed by atoms with Crippen molar-refractivity contribution in [2.75, 3.05) is 16.8 Å². The summed E-state index contributed by atoms with van der Waals surface area (Å²) in [7, 11) is 0. The minimum absolute atomic E-state index is 0.0773. The van der Waals surface area contributed by atoms with E-state index in [4.69, 9.17) is 4.74 Å². The number of carbonyl (C=O) groups excluding carboxylic acids is 4. The Morgan fingerprint density at radius 3 is 2.70 bits per heavy atom. The van der Waals surface area contributed by atoms with Crippen LogP contribution in [0, 0.1) is 0 Å². The van der Waals surface area contributed by atoms with Crippen LogP contribution in [0.1, 0.15) is 55.8 Å². The average molecular weight is 414 g/mol. The molecule has 3 N–H and O–H groups in total. The molecule has 2 aliphatic heterocycles. The highest BCUT2D eigenvalue weighted by atomic mass is 16.5. The zero-order valence-corrected chi connectivity index (χ0v) is 16.9. The summed E-state index contributed by atoms with van der Waals surface area (Å²) >= 11 is 0. The summed E-state index contributed by atoms with van der Waals surface area (Å²) in [4.78, 5) is 50.9. The number of nitrogens with one attached hydrogen (secondary N) is 3. The van der Waals surface area contributed by atoms with Crippen molar-refractivity contribution < 1.29 is 23.9 Å². The molecule has 4 rings (SSSR count). The van der Waals surface area contributed by atoms with E-state index in [2.05, 4.69) is 16.0 Å². The molecule has 0 bridgehead atoms. The Hall–Kier alpha value is -3.10. The van der Waals surface area contributed by atoms with Gasteiger partial charge in [-0.3, -0.25) is 14.9 Å². The Kier molecular flexibility index (Phi) is 5.61. The van der Waals surface area contributed by atoms with Gasteiger partial charge in [-0.1, -0.05) is 12.8 Å². The van der Waals surface area contributed by atoms with E-state index in [-0.39, 0.29) is 23.6 Å². The first-order chi connectivity index (χ1) is 14.4. The van der Waals surface area contributed by atoms with E-state index in [0.29, 0.717) is 5.69 Å². The Morgan fingerprint density at radius 2 is 1.93 bits per heavy atom. The third kappa shape index (κ3) is 4.10. The largest absolute Gasteiger partial charge is 0.449 e. The highest BCUT2D eigenvalue weighted by Crippen LogP contribution is 2.37. The second kappa shape index (κ2) is 8.33. The molecule has 1 saturated heterocycles. The number of fused-ring (bicyclic) bond motifs is 3. The second-order valence-electron chi connectivity index (χ2n) is 8.06. The maximum atomic E-state index is 12.5. The van der Waals surface area contributed by atoms with Crippen LogP contribution in [0.25, 0.3) is 0 Å². The first-order valence-electron chi connectivity index (χ1n) is 10.5. The van der Waals surface area contributed by atoms with Crippen molar-refractivity contribution in [2.24, 2.45) is 0 Å². The fourth-order valence-corrected chi connectivity index (χ4v) is 4.34. The van der Waals surface area contributed by atoms with Crippen LogP contribution in [-0.2, 0) is 14.3 Å². The van der Waals surface area contributed by atoms with E-state index in [1.54, 1.807) is 18.2 Å². The standard InChI is InChI=1S/C21H26N4O5/c1-12(18(26)24-21(29)22-14-5-2-3-6-14)30-20(28)13-8-9-16-15(11-13)23-19(27)17-7-4-10-25(16)17/h8-9,11-12,14,17H,2-7,10H2,1H3,(H,23,27)(H2,22,24,26,29)/t12-,17+/m1/s1. The number of imide groups is 1. The minimum Gasteiger partial charge on any atom is -0.449 e. The zero-order valence-electron chi connectivity index (χ0n) is 16.9. The predicted molar refractivity (Wildman–Crippen MR) is 109 cm³/mol. The van der Waals surface area contributed by atoms with Crippen LogP contribution < -0.4 is 20.9 Å². The number of hydrogen-bond acceptors (Lipinski definition) is 6. The van der Waals surface area contributed by atoms with Crippen LogP contribution in [0.15, 0.2) is 18.2 Å². The fraction of sp³-hybridized carbons (Fsp3) is 0.524. The highest BCUT2D eigenvalue weighted by molar-refractivity contribution is 6.06. The number of ether oxygens (including phenoxy) is 1. The summed E-state index contributed by atoms with van der Waals surface area (Å²) in [6.07, 6.45) is 4.55. The Labute approximate surface area is 174 Å². The summed E-state index contributed by atoms with van der Waals surface area (Å²) in [5.74, 6) is -1.47. The molecule has 1 saturated carbocycles. The van der Waals surface area contributed by atoms with Gasteiger partial charge in [0, 0.05) is 12.6 Å². The molecular weight excluding hydrogens is 388 g/mol. The van der Waals surface area contributed by atoms with Gasteiger partial charge in [0.1, 0.15) is 6.04 Å². The summed E-state index contributed by atoms with van der Waals surface area (Å²) < 4.78 is 5.22. The van der Waals surface area contributed by atoms with Crippen molar-refractivity contribution in [2.45, 2.75) is 63.6 Å². The van der Waals surface area contributed by atoms with Gasteiger partial charge >= 0.3 is 12.0 Å². The molecule has 2 heterocycles. The molecule has 3 aliphatic rings. The Morgan fingerprint density at radius 1 is 1.17 bits per heavy atom. The molecule has 2 fully saturated rings. The molecular formula is C21H26N4O5. The Bertz CT molecular complexity index is 880.